The normalized spacial score (nSPS) is 12.0. The Hall–Kier alpha value is -2.34. The number of hydrogen-bond donors (Lipinski definition) is 1. The van der Waals surface area contributed by atoms with E-state index in [0.717, 1.165) is 23.0 Å². The molecule has 0 saturated carbocycles. The van der Waals surface area contributed by atoms with E-state index in [0.29, 0.717) is 18.6 Å². The number of halogens is 3. The Morgan fingerprint density at radius 2 is 1.79 bits per heavy atom. The molecule has 6 heteroatoms. The van der Waals surface area contributed by atoms with Gasteiger partial charge in [-0.3, -0.25) is 0 Å². The molecular weight excluding hydrogens is 315 g/mol. The average Bonchev–Trinajstić information content (AvgIpc) is 2.87. The Kier molecular flexibility index (Phi) is 4.32. The maximum atomic E-state index is 13.0. The van der Waals surface area contributed by atoms with Crippen LogP contribution in [-0.4, -0.2) is 4.57 Å². The minimum absolute atomic E-state index is 0.261. The largest absolute Gasteiger partial charge is 0.416 e. The Morgan fingerprint density at radius 1 is 1.08 bits per heavy atom. The zero-order valence-corrected chi connectivity index (χ0v) is 13.3. The second kappa shape index (κ2) is 6.28. The molecule has 0 atom stereocenters. The third-order valence-electron chi connectivity index (χ3n) is 4.19. The first-order valence-electron chi connectivity index (χ1n) is 7.82. The lowest BCUT2D eigenvalue weighted by atomic mass is 10.2. The van der Waals surface area contributed by atoms with Crippen molar-refractivity contribution >= 4 is 11.0 Å². The molecular formula is C18H19F3N3+. The fraction of sp³-hybridized carbons (Fsp3) is 0.278. The number of alkyl halides is 3. The van der Waals surface area contributed by atoms with Crippen molar-refractivity contribution in [3.05, 3.63) is 65.5 Å². The van der Waals surface area contributed by atoms with E-state index in [-0.39, 0.29) is 6.54 Å². The summed E-state index contributed by atoms with van der Waals surface area (Å²) in [6, 6.07) is 13.7. The smallest absolute Gasteiger partial charge is 0.320 e. The molecule has 2 N–H and O–H groups in total. The predicted molar refractivity (Wildman–Crippen MR) is 86.2 cm³/mol. The lowest BCUT2D eigenvalue weighted by Gasteiger charge is -2.05. The average molecular weight is 334 g/mol. The predicted octanol–water partition coefficient (Wildman–Crippen LogP) is 3.47. The van der Waals surface area contributed by atoms with Gasteiger partial charge in [0.05, 0.1) is 18.7 Å². The molecule has 1 heterocycles. The molecule has 24 heavy (non-hydrogen) atoms. The van der Waals surface area contributed by atoms with Crippen molar-refractivity contribution in [3.63, 3.8) is 0 Å². The lowest BCUT2D eigenvalue weighted by molar-refractivity contribution is -0.671. The van der Waals surface area contributed by atoms with Gasteiger partial charge >= 0.3 is 6.18 Å². The molecule has 0 aliphatic carbocycles. The number of aryl methyl sites for hydroxylation is 1. The Labute approximate surface area is 138 Å². The molecule has 2 aromatic carbocycles. The molecule has 126 valence electrons. The maximum Gasteiger partial charge on any atom is 0.416 e. The van der Waals surface area contributed by atoms with Crippen molar-refractivity contribution in [1.82, 2.24) is 4.57 Å². The summed E-state index contributed by atoms with van der Waals surface area (Å²) in [6.07, 6.45) is -4.36. The molecule has 0 radical (unpaired) electrons. The first kappa shape index (κ1) is 16.5. The SMILES string of the molecule is CCn1c(CN)[n+](Cc2ccccc2)c2ccc(C(F)(F)F)cc21. The fourth-order valence-corrected chi connectivity index (χ4v) is 3.08. The number of fused-ring (bicyclic) bond motifs is 1. The van der Waals surface area contributed by atoms with Gasteiger partial charge in [-0.25, -0.2) is 9.13 Å². The van der Waals surface area contributed by atoms with Crippen molar-refractivity contribution in [1.29, 1.82) is 0 Å². The highest BCUT2D eigenvalue weighted by Crippen LogP contribution is 2.31. The molecule has 0 unspecified atom stereocenters. The highest BCUT2D eigenvalue weighted by molar-refractivity contribution is 5.73. The summed E-state index contributed by atoms with van der Waals surface area (Å²) in [5.74, 6) is 0.815. The van der Waals surface area contributed by atoms with Crippen LogP contribution in [0.5, 0.6) is 0 Å². The maximum absolute atomic E-state index is 13.0. The van der Waals surface area contributed by atoms with Gasteiger partial charge in [0.1, 0.15) is 6.54 Å². The highest BCUT2D eigenvalue weighted by Gasteiger charge is 2.33. The number of aromatic nitrogens is 2. The van der Waals surface area contributed by atoms with Crippen LogP contribution in [0.4, 0.5) is 13.2 Å². The van der Waals surface area contributed by atoms with Gasteiger partial charge in [-0.05, 0) is 24.6 Å². The van der Waals surface area contributed by atoms with Gasteiger partial charge < -0.3 is 5.73 Å². The van der Waals surface area contributed by atoms with Gasteiger partial charge in [-0.2, -0.15) is 13.2 Å². The number of hydrogen-bond acceptors (Lipinski definition) is 1. The summed E-state index contributed by atoms with van der Waals surface area (Å²) >= 11 is 0. The second-order valence-corrected chi connectivity index (χ2v) is 5.64. The zero-order valence-electron chi connectivity index (χ0n) is 13.3. The van der Waals surface area contributed by atoms with Crippen LogP contribution < -0.4 is 10.3 Å². The second-order valence-electron chi connectivity index (χ2n) is 5.64. The van der Waals surface area contributed by atoms with Crippen LogP contribution in [0.25, 0.3) is 11.0 Å². The minimum Gasteiger partial charge on any atom is -0.320 e. The molecule has 0 fully saturated rings. The van der Waals surface area contributed by atoms with E-state index < -0.39 is 11.7 Å². The van der Waals surface area contributed by atoms with E-state index in [1.165, 1.54) is 12.1 Å². The number of rotatable bonds is 4. The molecule has 0 saturated heterocycles. The monoisotopic (exact) mass is 334 g/mol. The van der Waals surface area contributed by atoms with E-state index in [1.807, 2.05) is 46.4 Å². The summed E-state index contributed by atoms with van der Waals surface area (Å²) in [5.41, 5.74) is 7.66. The van der Waals surface area contributed by atoms with Crippen LogP contribution in [0.3, 0.4) is 0 Å². The van der Waals surface area contributed by atoms with Gasteiger partial charge in [0.25, 0.3) is 5.82 Å². The topological polar surface area (TPSA) is 34.8 Å². The number of benzene rings is 2. The molecule has 0 aliphatic heterocycles. The van der Waals surface area contributed by atoms with Crippen molar-refractivity contribution in [2.75, 3.05) is 0 Å². The zero-order chi connectivity index (χ0) is 17.3. The quantitative estimate of drug-likeness (QED) is 0.729. The third kappa shape index (κ3) is 2.89. The highest BCUT2D eigenvalue weighted by atomic mass is 19.4. The van der Waals surface area contributed by atoms with Crippen molar-refractivity contribution in [2.45, 2.75) is 32.7 Å². The van der Waals surface area contributed by atoms with Gasteiger partial charge in [-0.15, -0.1) is 0 Å². The molecule has 0 bridgehead atoms. The summed E-state index contributed by atoms with van der Waals surface area (Å²) in [4.78, 5) is 0. The molecule has 1 aromatic heterocycles. The van der Waals surface area contributed by atoms with Gasteiger partial charge in [0.15, 0.2) is 11.0 Å². The Balaban J connectivity index is 2.21. The van der Waals surface area contributed by atoms with Gasteiger partial charge in [0, 0.05) is 6.07 Å². The summed E-state index contributed by atoms with van der Waals surface area (Å²) in [7, 11) is 0. The minimum atomic E-state index is -4.36. The van der Waals surface area contributed by atoms with Crippen LogP contribution in [0.1, 0.15) is 23.9 Å². The standard InChI is InChI=1S/C18H19F3N3/c1-2-23-16-10-14(18(19,20)21)8-9-15(16)24(17(23)11-22)12-13-6-4-3-5-7-13/h3-10H,2,11-12,22H2,1H3/q+1. The van der Waals surface area contributed by atoms with Gasteiger partial charge in [-0.1, -0.05) is 30.3 Å². The number of imidazole rings is 1. The molecule has 0 spiro atoms. The lowest BCUT2D eigenvalue weighted by Crippen LogP contribution is -2.39. The van der Waals surface area contributed by atoms with Crippen LogP contribution in [0.15, 0.2) is 48.5 Å². The first-order valence-corrected chi connectivity index (χ1v) is 7.82. The van der Waals surface area contributed by atoms with E-state index in [4.69, 9.17) is 5.73 Å². The first-order chi connectivity index (χ1) is 11.5. The van der Waals surface area contributed by atoms with Crippen molar-refractivity contribution in [3.8, 4) is 0 Å². The van der Waals surface area contributed by atoms with E-state index in [9.17, 15) is 13.2 Å². The van der Waals surface area contributed by atoms with Crippen molar-refractivity contribution < 1.29 is 17.7 Å². The number of nitrogens with zero attached hydrogens (tertiary/aromatic N) is 2. The van der Waals surface area contributed by atoms with Gasteiger partial charge in [0.2, 0.25) is 0 Å². The van der Waals surface area contributed by atoms with Crippen molar-refractivity contribution in [2.24, 2.45) is 5.73 Å². The molecule has 3 nitrogen and oxygen atoms in total. The molecule has 3 aromatic rings. The molecule has 3 rings (SSSR count). The van der Waals surface area contributed by atoms with Crippen LogP contribution >= 0.6 is 0 Å². The summed E-state index contributed by atoms with van der Waals surface area (Å²) in [5, 5.41) is 0. The molecule has 0 amide bonds. The summed E-state index contributed by atoms with van der Waals surface area (Å²) in [6.45, 7) is 3.30. The van der Waals surface area contributed by atoms with Crippen LogP contribution in [0.2, 0.25) is 0 Å². The van der Waals surface area contributed by atoms with Crippen LogP contribution in [0, 0.1) is 0 Å². The van der Waals surface area contributed by atoms with E-state index >= 15 is 0 Å². The number of nitrogens with two attached hydrogens (primary N) is 1. The fourth-order valence-electron chi connectivity index (χ4n) is 3.08. The third-order valence-corrected chi connectivity index (χ3v) is 4.19. The van der Waals surface area contributed by atoms with E-state index in [2.05, 4.69) is 0 Å². The molecule has 0 aliphatic rings. The Bertz CT molecular complexity index is 851. The Morgan fingerprint density at radius 3 is 2.38 bits per heavy atom. The van der Waals surface area contributed by atoms with E-state index in [1.54, 1.807) is 0 Å². The summed E-state index contributed by atoms with van der Waals surface area (Å²) < 4.78 is 43.0. The van der Waals surface area contributed by atoms with Crippen LogP contribution in [-0.2, 0) is 25.8 Å².